The predicted molar refractivity (Wildman–Crippen MR) is 129 cm³/mol. The summed E-state index contributed by atoms with van der Waals surface area (Å²) in [5.74, 6) is -2.51. The Labute approximate surface area is 193 Å². The van der Waals surface area contributed by atoms with Crippen LogP contribution in [0.1, 0.15) is 46.3 Å². The van der Waals surface area contributed by atoms with Gasteiger partial charge < -0.3 is 10.2 Å². The molecule has 0 aliphatic carbocycles. The lowest BCUT2D eigenvalue weighted by Gasteiger charge is -2.26. The van der Waals surface area contributed by atoms with Crippen molar-refractivity contribution in [2.75, 3.05) is 23.3 Å². The van der Waals surface area contributed by atoms with E-state index in [1.807, 2.05) is 68.1 Å². The zero-order valence-electron chi connectivity index (χ0n) is 19.3. The second kappa shape index (κ2) is 9.30. The largest absolute Gasteiger partial charge is 0.356 e. The summed E-state index contributed by atoms with van der Waals surface area (Å²) in [4.78, 5) is 20.0. The van der Waals surface area contributed by atoms with Crippen molar-refractivity contribution in [1.82, 2.24) is 4.98 Å². The van der Waals surface area contributed by atoms with E-state index in [1.165, 1.54) is 0 Å². The van der Waals surface area contributed by atoms with Gasteiger partial charge in [0.05, 0.1) is 5.56 Å². The standard InChI is InChI=1S/C27H29F2N3O/c1-18-7-4-9-21(15-18)23-17-30-25(32-13-6-11-27(28,29)12-14-32)24(20(23)3)26(33)31-22-10-5-8-19(2)16-22/h4-5,7-10,15-17H,6,11-14H2,1-3H3,(H,31,33). The fraction of sp³-hybridized carbons (Fsp3) is 0.333. The Morgan fingerprint density at radius 2 is 1.73 bits per heavy atom. The predicted octanol–water partition coefficient (Wildman–Crippen LogP) is 6.55. The molecule has 0 bridgehead atoms. The van der Waals surface area contributed by atoms with Crippen LogP contribution in [-0.4, -0.2) is 29.9 Å². The molecule has 1 aliphatic heterocycles. The molecule has 6 heteroatoms. The van der Waals surface area contributed by atoms with Crippen LogP contribution in [0.5, 0.6) is 0 Å². The number of anilines is 2. The highest BCUT2D eigenvalue weighted by atomic mass is 19.3. The molecule has 0 radical (unpaired) electrons. The number of benzene rings is 2. The summed E-state index contributed by atoms with van der Waals surface area (Å²) < 4.78 is 28.0. The topological polar surface area (TPSA) is 45.2 Å². The number of hydrogen-bond donors (Lipinski definition) is 1. The Balaban J connectivity index is 1.78. The molecule has 1 aliphatic rings. The fourth-order valence-electron chi connectivity index (χ4n) is 4.40. The van der Waals surface area contributed by atoms with E-state index in [1.54, 1.807) is 6.20 Å². The van der Waals surface area contributed by atoms with E-state index in [4.69, 9.17) is 0 Å². The van der Waals surface area contributed by atoms with Crippen molar-refractivity contribution in [3.63, 3.8) is 0 Å². The van der Waals surface area contributed by atoms with E-state index < -0.39 is 5.92 Å². The first kappa shape index (κ1) is 22.9. The Bertz CT molecular complexity index is 1180. The lowest BCUT2D eigenvalue weighted by Crippen LogP contribution is -2.30. The third kappa shape index (κ3) is 5.21. The number of amides is 1. The summed E-state index contributed by atoms with van der Waals surface area (Å²) in [6.07, 6.45) is 1.72. The molecule has 1 N–H and O–H groups in total. The van der Waals surface area contributed by atoms with E-state index in [9.17, 15) is 13.6 Å². The molecule has 172 valence electrons. The molecule has 1 fully saturated rings. The van der Waals surface area contributed by atoms with Crippen LogP contribution >= 0.6 is 0 Å². The number of hydrogen-bond acceptors (Lipinski definition) is 3. The number of alkyl halides is 2. The van der Waals surface area contributed by atoms with Crippen molar-refractivity contribution in [3.05, 3.63) is 77.0 Å². The van der Waals surface area contributed by atoms with Gasteiger partial charge in [-0.05, 0) is 56.0 Å². The number of pyridine rings is 1. The molecule has 1 aromatic heterocycles. The van der Waals surface area contributed by atoms with E-state index in [2.05, 4.69) is 16.4 Å². The van der Waals surface area contributed by atoms with Gasteiger partial charge in [0.2, 0.25) is 5.92 Å². The van der Waals surface area contributed by atoms with Gasteiger partial charge in [0.1, 0.15) is 5.82 Å². The molecule has 2 aromatic carbocycles. The van der Waals surface area contributed by atoms with Crippen LogP contribution < -0.4 is 10.2 Å². The smallest absolute Gasteiger partial charge is 0.259 e. The molecule has 33 heavy (non-hydrogen) atoms. The highest BCUT2D eigenvalue weighted by molar-refractivity contribution is 6.09. The number of halogens is 2. The van der Waals surface area contributed by atoms with Crippen molar-refractivity contribution < 1.29 is 13.6 Å². The van der Waals surface area contributed by atoms with Crippen LogP contribution in [0, 0.1) is 20.8 Å². The van der Waals surface area contributed by atoms with Gasteiger partial charge in [-0.3, -0.25) is 4.79 Å². The first-order valence-corrected chi connectivity index (χ1v) is 11.3. The molecule has 0 unspecified atom stereocenters. The van der Waals surface area contributed by atoms with Gasteiger partial charge >= 0.3 is 0 Å². The average molecular weight is 450 g/mol. The molecule has 0 saturated carbocycles. The maximum Gasteiger partial charge on any atom is 0.259 e. The minimum absolute atomic E-state index is 0.144. The number of carbonyl (C=O) groups is 1. The fourth-order valence-corrected chi connectivity index (χ4v) is 4.40. The zero-order valence-corrected chi connectivity index (χ0v) is 19.3. The Hall–Kier alpha value is -3.28. The van der Waals surface area contributed by atoms with Gasteiger partial charge in [0.25, 0.3) is 5.91 Å². The summed E-state index contributed by atoms with van der Waals surface area (Å²) in [5, 5.41) is 2.99. The molecular formula is C27H29F2N3O. The second-order valence-corrected chi connectivity index (χ2v) is 8.89. The van der Waals surface area contributed by atoms with Crippen LogP contribution in [0.2, 0.25) is 0 Å². The van der Waals surface area contributed by atoms with Crippen LogP contribution in [0.3, 0.4) is 0 Å². The lowest BCUT2D eigenvalue weighted by molar-refractivity contribution is -0.0102. The molecule has 4 nitrogen and oxygen atoms in total. The van der Waals surface area contributed by atoms with Crippen molar-refractivity contribution in [3.8, 4) is 11.1 Å². The van der Waals surface area contributed by atoms with Gasteiger partial charge in [-0.15, -0.1) is 0 Å². The quantitative estimate of drug-likeness (QED) is 0.491. The summed E-state index contributed by atoms with van der Waals surface area (Å²) >= 11 is 0. The normalized spacial score (nSPS) is 15.7. The molecule has 1 saturated heterocycles. The van der Waals surface area contributed by atoms with Crippen molar-refractivity contribution >= 4 is 17.4 Å². The lowest BCUT2D eigenvalue weighted by atomic mass is 9.96. The third-order valence-corrected chi connectivity index (χ3v) is 6.17. The molecule has 4 rings (SSSR count). The Morgan fingerprint density at radius 1 is 1.00 bits per heavy atom. The Morgan fingerprint density at radius 3 is 2.45 bits per heavy atom. The Kier molecular flexibility index (Phi) is 6.45. The molecular weight excluding hydrogens is 420 g/mol. The summed E-state index contributed by atoms with van der Waals surface area (Å²) in [7, 11) is 0. The number of nitrogens with zero attached hydrogens (tertiary/aromatic N) is 2. The number of carbonyl (C=O) groups excluding carboxylic acids is 1. The SMILES string of the molecule is Cc1cccc(NC(=O)c2c(N3CCCC(F)(F)CC3)ncc(-c3cccc(C)c3)c2C)c1. The van der Waals surface area contributed by atoms with Crippen molar-refractivity contribution in [2.45, 2.75) is 46.0 Å². The van der Waals surface area contributed by atoms with Crippen LogP contribution in [0.25, 0.3) is 11.1 Å². The van der Waals surface area contributed by atoms with Gasteiger partial charge in [-0.25, -0.2) is 13.8 Å². The maximum absolute atomic E-state index is 14.0. The van der Waals surface area contributed by atoms with Crippen LogP contribution in [0.15, 0.2) is 54.7 Å². The summed E-state index contributed by atoms with van der Waals surface area (Å²) in [5.41, 5.74) is 5.87. The van der Waals surface area contributed by atoms with Gasteiger partial charge in [-0.2, -0.15) is 0 Å². The van der Waals surface area contributed by atoms with Gasteiger partial charge in [-0.1, -0.05) is 42.0 Å². The average Bonchev–Trinajstić information content (AvgIpc) is 2.93. The summed E-state index contributed by atoms with van der Waals surface area (Å²) in [6, 6.07) is 15.6. The number of aromatic nitrogens is 1. The minimum Gasteiger partial charge on any atom is -0.356 e. The zero-order chi connectivity index (χ0) is 23.6. The van der Waals surface area contributed by atoms with E-state index in [0.717, 1.165) is 27.8 Å². The molecule has 3 aromatic rings. The maximum atomic E-state index is 14.0. The molecule has 2 heterocycles. The monoisotopic (exact) mass is 449 g/mol. The first-order valence-electron chi connectivity index (χ1n) is 11.3. The summed E-state index contributed by atoms with van der Waals surface area (Å²) in [6.45, 7) is 6.48. The highest BCUT2D eigenvalue weighted by Crippen LogP contribution is 2.34. The van der Waals surface area contributed by atoms with Gasteiger partial charge in [0.15, 0.2) is 0 Å². The van der Waals surface area contributed by atoms with Crippen LogP contribution in [-0.2, 0) is 0 Å². The number of aryl methyl sites for hydroxylation is 2. The molecule has 1 amide bonds. The minimum atomic E-state index is -2.69. The number of nitrogens with one attached hydrogen (secondary N) is 1. The van der Waals surface area contributed by atoms with Crippen molar-refractivity contribution in [2.24, 2.45) is 0 Å². The first-order chi connectivity index (χ1) is 15.7. The highest BCUT2D eigenvalue weighted by Gasteiger charge is 2.33. The third-order valence-electron chi connectivity index (χ3n) is 6.17. The van der Waals surface area contributed by atoms with E-state index in [0.29, 0.717) is 30.0 Å². The van der Waals surface area contributed by atoms with E-state index in [-0.39, 0.29) is 25.3 Å². The van der Waals surface area contributed by atoms with Crippen LogP contribution in [0.4, 0.5) is 20.3 Å². The molecule has 0 atom stereocenters. The van der Waals surface area contributed by atoms with Gasteiger partial charge in [0, 0.05) is 43.4 Å². The number of rotatable bonds is 4. The van der Waals surface area contributed by atoms with Crippen molar-refractivity contribution in [1.29, 1.82) is 0 Å². The van der Waals surface area contributed by atoms with E-state index >= 15 is 0 Å². The second-order valence-electron chi connectivity index (χ2n) is 8.89. The molecule has 0 spiro atoms.